The van der Waals surface area contributed by atoms with Gasteiger partial charge in [0.15, 0.2) is 0 Å². The lowest BCUT2D eigenvalue weighted by Crippen LogP contribution is -2.44. The molecule has 0 fully saturated rings. The van der Waals surface area contributed by atoms with Crippen molar-refractivity contribution in [2.24, 2.45) is 0 Å². The molecule has 0 unspecified atom stereocenters. The van der Waals surface area contributed by atoms with E-state index in [1.807, 2.05) is 0 Å². The number of nitrogens with one attached hydrogen (secondary N) is 1. The number of aliphatic carboxylic acids is 1. The van der Waals surface area contributed by atoms with E-state index in [2.05, 4.69) is 0 Å². The number of amides is 1. The summed E-state index contributed by atoms with van der Waals surface area (Å²) >= 11 is 1.37. The molecule has 94 valence electrons. The number of hydrogen-bond acceptors (Lipinski definition) is 3. The van der Waals surface area contributed by atoms with Gasteiger partial charge in [-0.15, -0.1) is 0 Å². The summed E-state index contributed by atoms with van der Waals surface area (Å²) in [7, 11) is 0. The third-order valence-electron chi connectivity index (χ3n) is 1.68. The van der Waals surface area contributed by atoms with Crippen molar-refractivity contribution in [2.75, 3.05) is 12.0 Å². The van der Waals surface area contributed by atoms with Gasteiger partial charge in [0.05, 0.1) is 6.42 Å². The first-order chi connectivity index (χ1) is 7.27. The van der Waals surface area contributed by atoms with Crippen LogP contribution in [0.1, 0.15) is 12.8 Å². The van der Waals surface area contributed by atoms with Crippen LogP contribution in [-0.2, 0) is 9.59 Å². The van der Waals surface area contributed by atoms with Crippen molar-refractivity contribution in [1.82, 2.24) is 5.32 Å². The quantitative estimate of drug-likeness (QED) is 0.753. The molecule has 0 spiro atoms. The molecule has 0 bridgehead atoms. The highest BCUT2D eigenvalue weighted by atomic mass is 32.2. The molecule has 1 atom stereocenters. The number of alkyl halides is 3. The first-order valence-corrected chi connectivity index (χ1v) is 5.75. The van der Waals surface area contributed by atoms with Gasteiger partial charge in [-0.2, -0.15) is 24.9 Å². The molecule has 0 aliphatic carbocycles. The van der Waals surface area contributed by atoms with Crippen LogP contribution in [0.25, 0.3) is 0 Å². The maximum Gasteiger partial charge on any atom is 0.471 e. The number of thioether (sulfide) groups is 1. The van der Waals surface area contributed by atoms with Crippen LogP contribution in [0.4, 0.5) is 13.2 Å². The lowest BCUT2D eigenvalue weighted by atomic mass is 10.1. The van der Waals surface area contributed by atoms with E-state index in [0.29, 0.717) is 5.75 Å². The Labute approximate surface area is 94.6 Å². The average molecular weight is 259 g/mol. The molecule has 0 saturated carbocycles. The van der Waals surface area contributed by atoms with Gasteiger partial charge in [-0.1, -0.05) is 0 Å². The molecule has 0 aromatic carbocycles. The van der Waals surface area contributed by atoms with Crippen molar-refractivity contribution >= 4 is 23.6 Å². The highest BCUT2D eigenvalue weighted by molar-refractivity contribution is 7.98. The molecule has 8 heteroatoms. The van der Waals surface area contributed by atoms with Gasteiger partial charge in [0.25, 0.3) is 0 Å². The summed E-state index contributed by atoms with van der Waals surface area (Å²) in [5.74, 6) is -2.86. The Morgan fingerprint density at radius 3 is 2.38 bits per heavy atom. The van der Waals surface area contributed by atoms with Gasteiger partial charge in [-0.05, 0) is 18.4 Å². The van der Waals surface area contributed by atoms with Crippen LogP contribution in [0.5, 0.6) is 0 Å². The third kappa shape index (κ3) is 6.54. The van der Waals surface area contributed by atoms with E-state index in [1.165, 1.54) is 11.8 Å². The lowest BCUT2D eigenvalue weighted by Gasteiger charge is -2.17. The Morgan fingerprint density at radius 2 is 2.00 bits per heavy atom. The predicted molar refractivity (Wildman–Crippen MR) is 53.2 cm³/mol. The molecule has 0 aliphatic heterocycles. The molecule has 0 aromatic heterocycles. The highest BCUT2D eigenvalue weighted by Gasteiger charge is 2.39. The van der Waals surface area contributed by atoms with Gasteiger partial charge < -0.3 is 10.4 Å². The lowest BCUT2D eigenvalue weighted by molar-refractivity contribution is -0.174. The second-order valence-electron chi connectivity index (χ2n) is 3.05. The number of rotatable bonds is 6. The van der Waals surface area contributed by atoms with E-state index in [9.17, 15) is 22.8 Å². The largest absolute Gasteiger partial charge is 0.481 e. The Kier molecular flexibility index (Phi) is 6.24. The van der Waals surface area contributed by atoms with Gasteiger partial charge in [-0.3, -0.25) is 9.59 Å². The van der Waals surface area contributed by atoms with Crippen LogP contribution in [0.2, 0.25) is 0 Å². The number of carboxylic acid groups (broad SMARTS) is 1. The molecule has 0 aromatic rings. The number of carbonyl (C=O) groups is 2. The minimum Gasteiger partial charge on any atom is -0.481 e. The zero-order chi connectivity index (χ0) is 12.8. The van der Waals surface area contributed by atoms with Gasteiger partial charge in [0.2, 0.25) is 0 Å². The smallest absolute Gasteiger partial charge is 0.471 e. The summed E-state index contributed by atoms with van der Waals surface area (Å²) in [6.45, 7) is 0. The third-order valence-corrected chi connectivity index (χ3v) is 2.33. The number of carboxylic acids is 1. The van der Waals surface area contributed by atoms with E-state index in [-0.39, 0.29) is 6.42 Å². The average Bonchev–Trinajstić information content (AvgIpc) is 2.11. The molecule has 1 amide bonds. The normalized spacial score (nSPS) is 13.2. The van der Waals surface area contributed by atoms with Crippen molar-refractivity contribution in [3.8, 4) is 0 Å². The molecule has 0 saturated heterocycles. The Balaban J connectivity index is 4.30. The summed E-state index contributed by atoms with van der Waals surface area (Å²) in [5.41, 5.74) is 0. The monoisotopic (exact) mass is 259 g/mol. The predicted octanol–water partition coefficient (Wildman–Crippen LogP) is 1.26. The maximum atomic E-state index is 11.9. The molecule has 0 rings (SSSR count). The highest BCUT2D eigenvalue weighted by Crippen LogP contribution is 2.15. The molecule has 16 heavy (non-hydrogen) atoms. The van der Waals surface area contributed by atoms with Gasteiger partial charge in [-0.25, -0.2) is 0 Å². The number of halogens is 3. The zero-order valence-electron chi connectivity index (χ0n) is 8.50. The molecule has 0 heterocycles. The van der Waals surface area contributed by atoms with Gasteiger partial charge in [0, 0.05) is 6.04 Å². The topological polar surface area (TPSA) is 66.4 Å². The zero-order valence-corrected chi connectivity index (χ0v) is 9.32. The first-order valence-electron chi connectivity index (χ1n) is 4.35. The second-order valence-corrected chi connectivity index (χ2v) is 4.03. The van der Waals surface area contributed by atoms with Crippen LogP contribution in [-0.4, -0.2) is 41.2 Å². The van der Waals surface area contributed by atoms with Crippen LogP contribution in [0.3, 0.4) is 0 Å². The van der Waals surface area contributed by atoms with Gasteiger partial charge >= 0.3 is 18.1 Å². The van der Waals surface area contributed by atoms with E-state index >= 15 is 0 Å². The van der Waals surface area contributed by atoms with Gasteiger partial charge in [0.1, 0.15) is 0 Å². The summed E-state index contributed by atoms with van der Waals surface area (Å²) in [5, 5.41) is 10.1. The standard InChI is InChI=1S/C8H12F3NO3S/c1-16-3-2-5(4-6(13)14)12-7(15)8(9,10)11/h5H,2-4H2,1H3,(H,12,15)(H,13,14)/t5-/m1/s1. The van der Waals surface area contributed by atoms with Crippen molar-refractivity contribution in [1.29, 1.82) is 0 Å². The molecular formula is C8H12F3NO3S. The molecule has 4 nitrogen and oxygen atoms in total. The van der Waals surface area contributed by atoms with E-state index < -0.39 is 30.5 Å². The Hall–Kier alpha value is -0.920. The van der Waals surface area contributed by atoms with Crippen molar-refractivity contribution in [3.63, 3.8) is 0 Å². The Morgan fingerprint density at radius 1 is 1.44 bits per heavy atom. The fourth-order valence-corrected chi connectivity index (χ4v) is 1.48. The van der Waals surface area contributed by atoms with Crippen LogP contribution >= 0.6 is 11.8 Å². The summed E-state index contributed by atoms with van der Waals surface area (Å²) in [6, 6.07) is -0.987. The van der Waals surface area contributed by atoms with Crippen molar-refractivity contribution < 1.29 is 27.9 Å². The molecular weight excluding hydrogens is 247 g/mol. The fraction of sp³-hybridized carbons (Fsp3) is 0.750. The number of carbonyl (C=O) groups excluding carboxylic acids is 1. The SMILES string of the molecule is CSCC[C@H](CC(=O)O)NC(=O)C(F)(F)F. The summed E-state index contributed by atoms with van der Waals surface area (Å²) in [6.07, 6.45) is -3.56. The minimum absolute atomic E-state index is 0.190. The number of hydrogen-bond donors (Lipinski definition) is 2. The molecule has 0 radical (unpaired) electrons. The van der Waals surface area contributed by atoms with Crippen LogP contribution in [0, 0.1) is 0 Å². The Bertz CT molecular complexity index is 257. The second kappa shape index (κ2) is 6.62. The molecule has 2 N–H and O–H groups in total. The van der Waals surface area contributed by atoms with E-state index in [1.54, 1.807) is 11.6 Å². The van der Waals surface area contributed by atoms with Crippen molar-refractivity contribution in [3.05, 3.63) is 0 Å². The minimum atomic E-state index is -4.98. The van der Waals surface area contributed by atoms with Crippen LogP contribution < -0.4 is 5.32 Å². The first kappa shape index (κ1) is 15.1. The van der Waals surface area contributed by atoms with Crippen molar-refractivity contribution in [2.45, 2.75) is 25.1 Å². The maximum absolute atomic E-state index is 11.9. The van der Waals surface area contributed by atoms with E-state index in [4.69, 9.17) is 5.11 Å². The van der Waals surface area contributed by atoms with E-state index in [0.717, 1.165) is 0 Å². The fourth-order valence-electron chi connectivity index (χ4n) is 0.963. The molecule has 0 aliphatic rings. The summed E-state index contributed by atoms with van der Waals surface area (Å²) < 4.78 is 35.7. The summed E-state index contributed by atoms with van der Waals surface area (Å²) in [4.78, 5) is 20.9. The van der Waals surface area contributed by atoms with Crippen LogP contribution in [0.15, 0.2) is 0 Å².